The van der Waals surface area contributed by atoms with Gasteiger partial charge in [0.05, 0.1) is 0 Å². The third kappa shape index (κ3) is 6.00. The molecule has 10 heavy (non-hydrogen) atoms. The first-order valence-electron chi connectivity index (χ1n) is 3.20. The second-order valence-corrected chi connectivity index (χ2v) is 3.47. The van der Waals surface area contributed by atoms with Gasteiger partial charge in [0.25, 0.3) is 0 Å². The van der Waals surface area contributed by atoms with Crippen molar-refractivity contribution in [2.24, 2.45) is 0 Å². The fraction of sp³-hybridized carbons (Fsp3) is 1.00. The topological polar surface area (TPSA) is 66.4 Å². The molecule has 0 saturated heterocycles. The Morgan fingerprint density at radius 3 is 2.40 bits per heavy atom. The third-order valence-corrected chi connectivity index (χ3v) is 1.77. The van der Waals surface area contributed by atoms with Crippen molar-refractivity contribution >= 4 is 10.3 Å². The van der Waals surface area contributed by atoms with E-state index in [2.05, 4.69) is 0 Å². The Hall–Kier alpha value is -0.130. The molecule has 1 atom stereocenters. The number of hydrogen-bond donors (Lipinski definition) is 2. The highest BCUT2D eigenvalue weighted by Gasteiger charge is 2.07. The van der Waals surface area contributed by atoms with Gasteiger partial charge < -0.3 is 0 Å². The maximum absolute atomic E-state index is 10.2. The van der Waals surface area contributed by atoms with Crippen molar-refractivity contribution in [1.29, 1.82) is 0 Å². The van der Waals surface area contributed by atoms with Gasteiger partial charge in [0.1, 0.15) is 0 Å². The van der Waals surface area contributed by atoms with Crippen LogP contribution in [0, 0.1) is 0 Å². The van der Waals surface area contributed by atoms with Crippen LogP contribution in [0.15, 0.2) is 0 Å². The maximum Gasteiger partial charge on any atom is 0.333 e. The molecule has 0 saturated carbocycles. The summed E-state index contributed by atoms with van der Waals surface area (Å²) in [4.78, 5) is 0. The molecule has 1 unspecified atom stereocenters. The van der Waals surface area contributed by atoms with E-state index < -0.39 is 10.3 Å². The molecule has 62 valence electrons. The van der Waals surface area contributed by atoms with Crippen LogP contribution in [-0.4, -0.2) is 19.0 Å². The quantitative estimate of drug-likeness (QED) is 0.601. The van der Waals surface area contributed by atoms with Crippen LogP contribution in [0.5, 0.6) is 0 Å². The first kappa shape index (κ1) is 9.87. The molecule has 0 aromatic rings. The highest BCUT2D eigenvalue weighted by molar-refractivity contribution is 7.83. The summed E-state index contributed by atoms with van der Waals surface area (Å²) < 4.78 is 30.6. The Morgan fingerprint density at radius 1 is 1.60 bits per heavy atom. The molecular formula is C5H13NO3S. The molecule has 2 N–H and O–H groups in total. The van der Waals surface area contributed by atoms with Crippen molar-refractivity contribution in [3.8, 4) is 0 Å². The summed E-state index contributed by atoms with van der Waals surface area (Å²) in [6, 6.07) is -0.181. The van der Waals surface area contributed by atoms with E-state index in [1.165, 1.54) is 0 Å². The minimum atomic E-state index is -4.00. The normalized spacial score (nSPS) is 15.1. The molecule has 0 aromatic heterocycles. The monoisotopic (exact) mass is 167 g/mol. The van der Waals surface area contributed by atoms with Gasteiger partial charge in [-0.25, -0.2) is 0 Å². The standard InChI is InChI=1S/C5H13NO3S/c1-3-4-5(2)6-10(7,8)9/h5-6H,3-4H2,1-2H3,(H,7,8,9). The molecule has 4 nitrogen and oxygen atoms in total. The summed E-state index contributed by atoms with van der Waals surface area (Å²) in [6.07, 6.45) is 1.63. The smallest absolute Gasteiger partial charge is 0.273 e. The fourth-order valence-electron chi connectivity index (χ4n) is 0.746. The number of rotatable bonds is 4. The minimum Gasteiger partial charge on any atom is -0.273 e. The van der Waals surface area contributed by atoms with Gasteiger partial charge in [-0.1, -0.05) is 13.3 Å². The summed E-state index contributed by atoms with van der Waals surface area (Å²) in [5.41, 5.74) is 0. The fourth-order valence-corrected chi connectivity index (χ4v) is 1.37. The molecule has 0 aliphatic carbocycles. The van der Waals surface area contributed by atoms with Gasteiger partial charge in [-0.15, -0.1) is 0 Å². The Morgan fingerprint density at radius 2 is 2.10 bits per heavy atom. The van der Waals surface area contributed by atoms with E-state index >= 15 is 0 Å². The third-order valence-electron chi connectivity index (χ3n) is 1.07. The highest BCUT2D eigenvalue weighted by Crippen LogP contribution is 1.95. The van der Waals surface area contributed by atoms with E-state index in [0.29, 0.717) is 0 Å². The second kappa shape index (κ2) is 3.90. The van der Waals surface area contributed by atoms with Gasteiger partial charge in [0, 0.05) is 6.04 Å². The predicted octanol–water partition coefficient (Wildman–Crippen LogP) is 0.567. The Bertz CT molecular complexity index is 175. The van der Waals surface area contributed by atoms with Crippen LogP contribution in [0.2, 0.25) is 0 Å². The first-order chi connectivity index (χ1) is 4.45. The van der Waals surface area contributed by atoms with Crippen molar-refractivity contribution in [2.45, 2.75) is 32.7 Å². The summed E-state index contributed by atoms with van der Waals surface area (Å²) in [6.45, 7) is 3.65. The summed E-state index contributed by atoms with van der Waals surface area (Å²) in [5.74, 6) is 0. The van der Waals surface area contributed by atoms with Gasteiger partial charge in [-0.2, -0.15) is 13.1 Å². The predicted molar refractivity (Wildman–Crippen MR) is 39.1 cm³/mol. The van der Waals surface area contributed by atoms with Crippen LogP contribution in [0.4, 0.5) is 0 Å². The second-order valence-electron chi connectivity index (χ2n) is 2.28. The molecular weight excluding hydrogens is 154 g/mol. The van der Waals surface area contributed by atoms with Crippen molar-refractivity contribution in [3.63, 3.8) is 0 Å². The molecule has 0 rings (SSSR count). The van der Waals surface area contributed by atoms with E-state index in [0.717, 1.165) is 12.8 Å². The average Bonchev–Trinajstić information content (AvgIpc) is 1.59. The van der Waals surface area contributed by atoms with Gasteiger partial charge in [0.2, 0.25) is 0 Å². The number of nitrogens with one attached hydrogen (secondary N) is 1. The van der Waals surface area contributed by atoms with Crippen LogP contribution in [-0.2, 0) is 10.3 Å². The summed E-state index contributed by atoms with van der Waals surface area (Å²) >= 11 is 0. The van der Waals surface area contributed by atoms with Crippen molar-refractivity contribution in [3.05, 3.63) is 0 Å². The molecule has 0 heterocycles. The van der Waals surface area contributed by atoms with Crippen molar-refractivity contribution in [1.82, 2.24) is 4.72 Å². The molecule has 0 amide bonds. The van der Waals surface area contributed by atoms with Crippen LogP contribution in [0.25, 0.3) is 0 Å². The lowest BCUT2D eigenvalue weighted by Gasteiger charge is -2.08. The van der Waals surface area contributed by atoms with Gasteiger partial charge in [-0.3, -0.25) is 4.55 Å². The zero-order chi connectivity index (χ0) is 8.20. The zero-order valence-corrected chi connectivity index (χ0v) is 6.98. The Kier molecular flexibility index (Phi) is 3.85. The summed E-state index contributed by atoms with van der Waals surface area (Å²) in [5, 5.41) is 0. The molecule has 0 bridgehead atoms. The van der Waals surface area contributed by atoms with E-state index in [-0.39, 0.29) is 6.04 Å². The Labute approximate surface area is 61.5 Å². The summed E-state index contributed by atoms with van der Waals surface area (Å²) in [7, 11) is -4.00. The van der Waals surface area contributed by atoms with E-state index in [9.17, 15) is 8.42 Å². The van der Waals surface area contributed by atoms with Gasteiger partial charge >= 0.3 is 10.3 Å². The molecule has 5 heteroatoms. The SMILES string of the molecule is CCCC(C)NS(=O)(=O)O. The lowest BCUT2D eigenvalue weighted by molar-refractivity contribution is 0.450. The minimum absolute atomic E-state index is 0.181. The zero-order valence-electron chi connectivity index (χ0n) is 6.16. The van der Waals surface area contributed by atoms with Crippen molar-refractivity contribution < 1.29 is 13.0 Å². The van der Waals surface area contributed by atoms with Crippen LogP contribution >= 0.6 is 0 Å². The van der Waals surface area contributed by atoms with E-state index in [1.807, 2.05) is 11.6 Å². The molecule has 0 aromatic carbocycles. The van der Waals surface area contributed by atoms with Gasteiger partial charge in [-0.05, 0) is 13.3 Å². The molecule has 0 spiro atoms. The van der Waals surface area contributed by atoms with E-state index in [4.69, 9.17) is 4.55 Å². The average molecular weight is 167 g/mol. The lowest BCUT2D eigenvalue weighted by atomic mass is 10.2. The van der Waals surface area contributed by atoms with Gasteiger partial charge in [0.15, 0.2) is 0 Å². The molecule has 0 fully saturated rings. The maximum atomic E-state index is 10.2. The molecule has 0 radical (unpaired) electrons. The van der Waals surface area contributed by atoms with Crippen molar-refractivity contribution in [2.75, 3.05) is 0 Å². The van der Waals surface area contributed by atoms with Crippen LogP contribution in [0.3, 0.4) is 0 Å². The lowest BCUT2D eigenvalue weighted by Crippen LogP contribution is -2.31. The largest absolute Gasteiger partial charge is 0.333 e. The molecule has 0 aliphatic heterocycles. The highest BCUT2D eigenvalue weighted by atomic mass is 32.2. The van der Waals surface area contributed by atoms with Crippen LogP contribution in [0.1, 0.15) is 26.7 Å². The Balaban J connectivity index is 3.69. The van der Waals surface area contributed by atoms with E-state index in [1.54, 1.807) is 6.92 Å². The first-order valence-corrected chi connectivity index (χ1v) is 4.64. The van der Waals surface area contributed by atoms with Crippen LogP contribution < -0.4 is 4.72 Å². The molecule has 0 aliphatic rings. The number of hydrogen-bond acceptors (Lipinski definition) is 2.